The summed E-state index contributed by atoms with van der Waals surface area (Å²) in [6, 6.07) is -0.450. The van der Waals surface area contributed by atoms with Crippen LogP contribution < -0.4 is 5.32 Å². The Bertz CT molecular complexity index is 444. The van der Waals surface area contributed by atoms with Crippen molar-refractivity contribution in [3.63, 3.8) is 0 Å². The fraction of sp³-hybridized carbons (Fsp3) is 0.636. The first-order valence-electron chi connectivity index (χ1n) is 5.69. The number of hydrogen-bond acceptors (Lipinski definition) is 4. The van der Waals surface area contributed by atoms with Crippen LogP contribution in [0.2, 0.25) is 0 Å². The van der Waals surface area contributed by atoms with E-state index in [1.165, 1.54) is 0 Å². The second kappa shape index (κ2) is 4.70. The Balaban J connectivity index is 2.24. The third-order valence-corrected chi connectivity index (χ3v) is 4.31. The molecule has 1 saturated heterocycles. The number of aliphatic carboxylic acids is 1. The summed E-state index contributed by atoms with van der Waals surface area (Å²) in [5, 5.41) is 16.6. The lowest BCUT2D eigenvalue weighted by atomic mass is 10.2. The van der Waals surface area contributed by atoms with Crippen LogP contribution in [0.1, 0.15) is 29.2 Å². The van der Waals surface area contributed by atoms with E-state index in [-0.39, 0.29) is 5.37 Å². The SMILES string of the molecule is CCn1nc(C)c(C2NC(C(=O)O)CS2)c1C. The molecule has 2 atom stereocenters. The Morgan fingerprint density at radius 2 is 2.35 bits per heavy atom. The van der Waals surface area contributed by atoms with E-state index in [0.717, 1.165) is 23.5 Å². The molecule has 17 heavy (non-hydrogen) atoms. The number of aryl methyl sites for hydroxylation is 2. The molecule has 1 aromatic heterocycles. The van der Waals surface area contributed by atoms with Crippen molar-refractivity contribution in [1.82, 2.24) is 15.1 Å². The molecule has 5 nitrogen and oxygen atoms in total. The average molecular weight is 255 g/mol. The summed E-state index contributed by atoms with van der Waals surface area (Å²) in [4.78, 5) is 10.9. The van der Waals surface area contributed by atoms with Crippen molar-refractivity contribution >= 4 is 17.7 Å². The number of thioether (sulfide) groups is 1. The second-order valence-electron chi connectivity index (χ2n) is 4.17. The molecule has 0 aliphatic carbocycles. The molecular formula is C11H17N3O2S. The largest absolute Gasteiger partial charge is 0.480 e. The molecule has 1 aliphatic rings. The first-order valence-corrected chi connectivity index (χ1v) is 6.73. The molecule has 6 heteroatoms. The van der Waals surface area contributed by atoms with Crippen LogP contribution >= 0.6 is 11.8 Å². The zero-order valence-corrected chi connectivity index (χ0v) is 11.0. The van der Waals surface area contributed by atoms with Gasteiger partial charge < -0.3 is 5.11 Å². The highest BCUT2D eigenvalue weighted by molar-refractivity contribution is 7.99. The number of aromatic nitrogens is 2. The van der Waals surface area contributed by atoms with Crippen molar-refractivity contribution in [3.05, 3.63) is 17.0 Å². The van der Waals surface area contributed by atoms with E-state index in [1.807, 2.05) is 18.5 Å². The summed E-state index contributed by atoms with van der Waals surface area (Å²) in [6.07, 6.45) is 0. The quantitative estimate of drug-likeness (QED) is 0.852. The van der Waals surface area contributed by atoms with Crippen LogP contribution in [-0.2, 0) is 11.3 Å². The van der Waals surface area contributed by atoms with Crippen molar-refractivity contribution in [3.8, 4) is 0 Å². The van der Waals surface area contributed by atoms with E-state index in [2.05, 4.69) is 17.3 Å². The molecule has 0 bridgehead atoms. The molecule has 2 N–H and O–H groups in total. The molecule has 94 valence electrons. The predicted octanol–water partition coefficient (Wildman–Crippen LogP) is 1.31. The molecule has 2 rings (SSSR count). The van der Waals surface area contributed by atoms with Gasteiger partial charge in [-0.15, -0.1) is 11.8 Å². The maximum absolute atomic E-state index is 10.9. The van der Waals surface area contributed by atoms with Crippen molar-refractivity contribution < 1.29 is 9.90 Å². The van der Waals surface area contributed by atoms with Crippen LogP contribution in [0.4, 0.5) is 0 Å². The van der Waals surface area contributed by atoms with Crippen molar-refractivity contribution in [2.45, 2.75) is 38.7 Å². The van der Waals surface area contributed by atoms with Crippen molar-refractivity contribution in [1.29, 1.82) is 0 Å². The number of carbonyl (C=O) groups is 1. The van der Waals surface area contributed by atoms with Crippen LogP contribution in [0, 0.1) is 13.8 Å². The van der Waals surface area contributed by atoms with Crippen molar-refractivity contribution in [2.24, 2.45) is 0 Å². The van der Waals surface area contributed by atoms with Gasteiger partial charge in [-0.25, -0.2) is 0 Å². The van der Waals surface area contributed by atoms with Gasteiger partial charge >= 0.3 is 5.97 Å². The highest BCUT2D eigenvalue weighted by atomic mass is 32.2. The topological polar surface area (TPSA) is 67.2 Å². The summed E-state index contributed by atoms with van der Waals surface area (Å²) in [7, 11) is 0. The Morgan fingerprint density at radius 1 is 1.65 bits per heavy atom. The maximum Gasteiger partial charge on any atom is 0.321 e. The fourth-order valence-corrected chi connectivity index (χ4v) is 3.57. The van der Waals surface area contributed by atoms with E-state index in [4.69, 9.17) is 5.11 Å². The molecule has 1 aromatic rings. The molecule has 0 saturated carbocycles. The van der Waals surface area contributed by atoms with Gasteiger partial charge in [0, 0.05) is 23.6 Å². The first-order chi connectivity index (χ1) is 8.04. The van der Waals surface area contributed by atoms with Crippen LogP contribution in [0.25, 0.3) is 0 Å². The van der Waals surface area contributed by atoms with Gasteiger partial charge in [0.05, 0.1) is 11.1 Å². The summed E-state index contributed by atoms with van der Waals surface area (Å²) in [6.45, 7) is 6.91. The minimum absolute atomic E-state index is 0.0522. The summed E-state index contributed by atoms with van der Waals surface area (Å²) in [5.41, 5.74) is 3.25. The third-order valence-electron chi connectivity index (χ3n) is 3.08. The highest BCUT2D eigenvalue weighted by Crippen LogP contribution is 2.36. The molecule has 0 spiro atoms. The van der Waals surface area contributed by atoms with Crippen LogP contribution in [0.5, 0.6) is 0 Å². The molecule has 0 radical (unpaired) electrons. The Kier molecular flexibility index (Phi) is 3.44. The summed E-state index contributed by atoms with van der Waals surface area (Å²) < 4.78 is 1.96. The number of nitrogens with zero attached hydrogens (tertiary/aromatic N) is 2. The van der Waals surface area contributed by atoms with Gasteiger partial charge in [-0.2, -0.15) is 5.10 Å². The van der Waals surface area contributed by atoms with Crippen LogP contribution in [0.15, 0.2) is 0 Å². The lowest BCUT2D eigenvalue weighted by Gasteiger charge is -2.11. The first kappa shape index (κ1) is 12.4. The molecule has 2 heterocycles. The Labute approximate surface area is 105 Å². The monoisotopic (exact) mass is 255 g/mol. The minimum atomic E-state index is -0.779. The number of carboxylic acid groups (broad SMARTS) is 1. The zero-order chi connectivity index (χ0) is 12.6. The van der Waals surface area contributed by atoms with Crippen LogP contribution in [0.3, 0.4) is 0 Å². The van der Waals surface area contributed by atoms with Gasteiger partial charge in [-0.3, -0.25) is 14.8 Å². The number of nitrogens with one attached hydrogen (secondary N) is 1. The predicted molar refractivity (Wildman–Crippen MR) is 67.1 cm³/mol. The molecular weight excluding hydrogens is 238 g/mol. The fourth-order valence-electron chi connectivity index (χ4n) is 2.18. The third kappa shape index (κ3) is 2.19. The second-order valence-corrected chi connectivity index (χ2v) is 5.31. The van der Waals surface area contributed by atoms with Gasteiger partial charge in [-0.1, -0.05) is 0 Å². The van der Waals surface area contributed by atoms with Crippen LogP contribution in [-0.4, -0.2) is 32.7 Å². The average Bonchev–Trinajstić information content (AvgIpc) is 2.83. The maximum atomic E-state index is 10.9. The smallest absolute Gasteiger partial charge is 0.321 e. The van der Waals surface area contributed by atoms with E-state index in [1.54, 1.807) is 11.8 Å². The number of carboxylic acids is 1. The van der Waals surface area contributed by atoms with Crippen molar-refractivity contribution in [2.75, 3.05) is 5.75 Å². The molecule has 0 aromatic carbocycles. The summed E-state index contributed by atoms with van der Waals surface area (Å²) in [5.74, 6) is -0.172. The van der Waals surface area contributed by atoms with E-state index >= 15 is 0 Å². The van der Waals surface area contributed by atoms with Gasteiger partial charge in [0.2, 0.25) is 0 Å². The molecule has 1 fully saturated rings. The van der Waals surface area contributed by atoms with Gasteiger partial charge in [0.1, 0.15) is 6.04 Å². The van der Waals surface area contributed by atoms with Gasteiger partial charge in [0.25, 0.3) is 0 Å². The van der Waals surface area contributed by atoms with E-state index in [0.29, 0.717) is 5.75 Å². The highest BCUT2D eigenvalue weighted by Gasteiger charge is 2.33. The molecule has 0 amide bonds. The number of rotatable bonds is 3. The minimum Gasteiger partial charge on any atom is -0.480 e. The van der Waals surface area contributed by atoms with E-state index in [9.17, 15) is 4.79 Å². The number of hydrogen-bond donors (Lipinski definition) is 2. The Morgan fingerprint density at radius 3 is 2.82 bits per heavy atom. The zero-order valence-electron chi connectivity index (χ0n) is 10.2. The standard InChI is InChI=1S/C11H17N3O2S/c1-4-14-7(3)9(6(2)13-14)10-12-8(5-17-10)11(15)16/h8,10,12H,4-5H2,1-3H3,(H,15,16). The van der Waals surface area contributed by atoms with Gasteiger partial charge in [-0.05, 0) is 20.8 Å². The normalized spacial score (nSPS) is 24.2. The lowest BCUT2D eigenvalue weighted by Crippen LogP contribution is -2.33. The lowest BCUT2D eigenvalue weighted by molar-refractivity contribution is -0.138. The molecule has 1 aliphatic heterocycles. The van der Waals surface area contributed by atoms with Gasteiger partial charge in [0.15, 0.2) is 0 Å². The van der Waals surface area contributed by atoms with E-state index < -0.39 is 12.0 Å². The molecule has 2 unspecified atom stereocenters. The Hall–Kier alpha value is -1.01. The summed E-state index contributed by atoms with van der Waals surface area (Å²) >= 11 is 1.64.